The van der Waals surface area contributed by atoms with Crippen LogP contribution in [0.1, 0.15) is 0 Å². The van der Waals surface area contributed by atoms with Crippen LogP contribution in [-0.2, 0) is 0 Å². The average molecular weight is 398 g/mol. The van der Waals surface area contributed by atoms with Crippen LogP contribution in [0.2, 0.25) is 0 Å². The molecule has 0 amide bonds. The number of para-hydroxylation sites is 2. The van der Waals surface area contributed by atoms with Crippen LogP contribution in [0, 0.1) is 5.82 Å². The first kappa shape index (κ1) is 16.9. The van der Waals surface area contributed by atoms with Crippen LogP contribution in [0.15, 0.2) is 66.7 Å². The Morgan fingerprint density at radius 2 is 1.50 bits per heavy atom. The van der Waals surface area contributed by atoms with E-state index in [1.807, 2.05) is 47.0 Å². The fraction of sp³-hybridized carbons (Fsp3) is 0.0870. The van der Waals surface area contributed by atoms with E-state index in [0.717, 1.165) is 22.3 Å². The van der Waals surface area contributed by atoms with Crippen molar-refractivity contribution >= 4 is 22.3 Å². The second-order valence-corrected chi connectivity index (χ2v) is 6.97. The van der Waals surface area contributed by atoms with Crippen LogP contribution in [0.3, 0.4) is 0 Å². The quantitative estimate of drug-likeness (QED) is 0.437. The molecule has 0 aliphatic carbocycles. The van der Waals surface area contributed by atoms with Crippen molar-refractivity contribution in [2.24, 2.45) is 0 Å². The summed E-state index contributed by atoms with van der Waals surface area (Å²) in [7, 11) is 0. The molecule has 1 aliphatic rings. The number of hydrogen-bond donors (Lipinski definition) is 0. The molecule has 146 valence electrons. The van der Waals surface area contributed by atoms with Crippen LogP contribution in [-0.4, -0.2) is 32.7 Å². The Bertz CT molecular complexity index is 1410. The lowest BCUT2D eigenvalue weighted by atomic mass is 10.2. The summed E-state index contributed by atoms with van der Waals surface area (Å²) in [6, 6.07) is 19.6. The molecular weight excluding hydrogens is 383 g/mol. The van der Waals surface area contributed by atoms with E-state index in [9.17, 15) is 4.39 Å². The molecule has 6 rings (SSSR count). The van der Waals surface area contributed by atoms with Gasteiger partial charge in [-0.05, 0) is 48.5 Å². The van der Waals surface area contributed by atoms with Crippen molar-refractivity contribution in [1.29, 1.82) is 0 Å². The molecule has 3 aromatic carbocycles. The Kier molecular flexibility index (Phi) is 3.67. The summed E-state index contributed by atoms with van der Waals surface area (Å²) < 4.78 is 26.9. The first-order chi connectivity index (χ1) is 14.8. The lowest BCUT2D eigenvalue weighted by molar-refractivity contribution is 0.171. The van der Waals surface area contributed by atoms with Gasteiger partial charge in [-0.1, -0.05) is 12.1 Å². The third-order valence-electron chi connectivity index (χ3n) is 5.06. The number of benzene rings is 3. The molecule has 0 saturated heterocycles. The van der Waals surface area contributed by atoms with E-state index in [1.54, 1.807) is 12.1 Å². The molecule has 1 aliphatic heterocycles. The van der Waals surface area contributed by atoms with E-state index in [1.165, 1.54) is 12.1 Å². The topological polar surface area (TPSA) is 62.1 Å². The number of imidazole rings is 1. The van der Waals surface area contributed by atoms with Crippen LogP contribution in [0.4, 0.5) is 4.39 Å². The summed E-state index contributed by atoms with van der Waals surface area (Å²) in [6.45, 7) is 1.02. The summed E-state index contributed by atoms with van der Waals surface area (Å²) in [5.41, 5.74) is 4.24. The fourth-order valence-corrected chi connectivity index (χ4v) is 3.67. The highest BCUT2D eigenvalue weighted by atomic mass is 19.1. The van der Waals surface area contributed by atoms with E-state index in [-0.39, 0.29) is 5.82 Å². The van der Waals surface area contributed by atoms with Crippen molar-refractivity contribution in [2.75, 3.05) is 13.2 Å². The van der Waals surface area contributed by atoms with Gasteiger partial charge in [-0.2, -0.15) is 0 Å². The van der Waals surface area contributed by atoms with Gasteiger partial charge >= 0.3 is 0 Å². The number of aromatic nitrogens is 4. The zero-order chi connectivity index (χ0) is 20.1. The Hall–Kier alpha value is -4.00. The molecule has 3 heterocycles. The number of ether oxygens (including phenoxy) is 2. The molecule has 0 N–H and O–H groups in total. The van der Waals surface area contributed by atoms with Gasteiger partial charge in [0, 0.05) is 11.6 Å². The third-order valence-corrected chi connectivity index (χ3v) is 5.06. The summed E-state index contributed by atoms with van der Waals surface area (Å²) in [6.07, 6.45) is 0. The first-order valence-corrected chi connectivity index (χ1v) is 9.57. The van der Waals surface area contributed by atoms with Crippen LogP contribution in [0.25, 0.3) is 39.4 Å². The largest absolute Gasteiger partial charge is 0.486 e. The van der Waals surface area contributed by atoms with Gasteiger partial charge in [-0.15, -0.1) is 0 Å². The molecule has 5 aromatic rings. The summed E-state index contributed by atoms with van der Waals surface area (Å²) >= 11 is 0. The Morgan fingerprint density at radius 3 is 2.30 bits per heavy atom. The zero-order valence-corrected chi connectivity index (χ0v) is 15.7. The summed E-state index contributed by atoms with van der Waals surface area (Å²) in [5.74, 6) is 1.69. The number of rotatable bonds is 2. The minimum Gasteiger partial charge on any atom is -0.486 e. The normalized spacial score (nSPS) is 13.1. The van der Waals surface area contributed by atoms with Gasteiger partial charge in [0.25, 0.3) is 0 Å². The Labute approximate surface area is 170 Å². The molecule has 0 spiro atoms. The van der Waals surface area contributed by atoms with Crippen molar-refractivity contribution in [3.8, 4) is 28.6 Å². The molecule has 6 nitrogen and oxygen atoms in total. The predicted molar refractivity (Wildman–Crippen MR) is 111 cm³/mol. The molecule has 0 saturated carbocycles. The number of halogens is 1. The van der Waals surface area contributed by atoms with E-state index in [4.69, 9.17) is 24.4 Å². The highest BCUT2D eigenvalue weighted by molar-refractivity contribution is 5.86. The third kappa shape index (κ3) is 2.67. The van der Waals surface area contributed by atoms with E-state index < -0.39 is 0 Å². The number of nitrogens with zero attached hydrogens (tertiary/aromatic N) is 4. The van der Waals surface area contributed by atoms with Crippen LogP contribution < -0.4 is 9.47 Å². The van der Waals surface area contributed by atoms with E-state index >= 15 is 0 Å². The van der Waals surface area contributed by atoms with Gasteiger partial charge in [0.15, 0.2) is 22.8 Å². The van der Waals surface area contributed by atoms with Gasteiger partial charge in [-0.3, -0.25) is 4.57 Å². The smallest absolute Gasteiger partial charge is 0.199 e. The minimum absolute atomic E-state index is 0.303. The maximum atomic E-state index is 13.5. The van der Waals surface area contributed by atoms with Crippen molar-refractivity contribution in [1.82, 2.24) is 19.5 Å². The van der Waals surface area contributed by atoms with Gasteiger partial charge in [-0.25, -0.2) is 19.3 Å². The fourth-order valence-electron chi connectivity index (χ4n) is 3.67. The lowest BCUT2D eigenvalue weighted by Gasteiger charge is -2.19. The maximum Gasteiger partial charge on any atom is 0.199 e. The highest BCUT2D eigenvalue weighted by Crippen LogP contribution is 2.35. The molecule has 0 unspecified atom stereocenters. The second kappa shape index (κ2) is 6.52. The Morgan fingerprint density at radius 1 is 0.767 bits per heavy atom. The van der Waals surface area contributed by atoms with Crippen molar-refractivity contribution in [3.63, 3.8) is 0 Å². The van der Waals surface area contributed by atoms with Crippen molar-refractivity contribution in [3.05, 3.63) is 72.5 Å². The van der Waals surface area contributed by atoms with E-state index in [2.05, 4.69) is 0 Å². The van der Waals surface area contributed by atoms with Gasteiger partial charge < -0.3 is 9.47 Å². The minimum atomic E-state index is -0.303. The summed E-state index contributed by atoms with van der Waals surface area (Å²) in [4.78, 5) is 14.3. The molecule has 0 bridgehead atoms. The van der Waals surface area contributed by atoms with E-state index in [0.29, 0.717) is 41.8 Å². The predicted octanol–water partition coefficient (Wildman–Crippen LogP) is 4.55. The number of fused-ring (bicyclic) bond motifs is 3. The van der Waals surface area contributed by atoms with Gasteiger partial charge in [0.05, 0.1) is 16.7 Å². The highest BCUT2D eigenvalue weighted by Gasteiger charge is 2.20. The standard InChI is InChI=1S/C23H15FN4O2/c24-15-7-5-14(6-8-15)22-27-21-23(26-18-4-2-1-3-17(18)25-21)28(22)16-9-10-19-20(13-16)30-12-11-29-19/h1-10,13H,11-12H2. The number of hydrogen-bond acceptors (Lipinski definition) is 5. The molecule has 2 aromatic heterocycles. The van der Waals surface area contributed by atoms with Gasteiger partial charge in [0.2, 0.25) is 0 Å². The Balaban J connectivity index is 1.66. The van der Waals surface area contributed by atoms with Crippen LogP contribution in [0.5, 0.6) is 11.5 Å². The maximum absolute atomic E-state index is 13.5. The van der Waals surface area contributed by atoms with Crippen molar-refractivity contribution < 1.29 is 13.9 Å². The van der Waals surface area contributed by atoms with Gasteiger partial charge in [0.1, 0.15) is 24.9 Å². The molecule has 0 atom stereocenters. The molecule has 7 heteroatoms. The molecule has 0 fully saturated rings. The molecule has 0 radical (unpaired) electrons. The SMILES string of the molecule is Fc1ccc(-c2nc3nc4ccccc4nc3n2-c2ccc3c(c2)OCCO3)cc1. The second-order valence-electron chi connectivity index (χ2n) is 6.97. The summed E-state index contributed by atoms with van der Waals surface area (Å²) in [5, 5.41) is 0. The zero-order valence-electron chi connectivity index (χ0n) is 15.7. The first-order valence-electron chi connectivity index (χ1n) is 9.57. The monoisotopic (exact) mass is 398 g/mol. The average Bonchev–Trinajstić information content (AvgIpc) is 3.16. The molecular formula is C23H15FN4O2. The van der Waals surface area contributed by atoms with Crippen LogP contribution >= 0.6 is 0 Å². The van der Waals surface area contributed by atoms with Crippen molar-refractivity contribution in [2.45, 2.75) is 0 Å². The lowest BCUT2D eigenvalue weighted by Crippen LogP contribution is -2.15. The molecule has 30 heavy (non-hydrogen) atoms.